The summed E-state index contributed by atoms with van der Waals surface area (Å²) in [5.74, 6) is 0.784. The molecule has 2 nitrogen and oxygen atoms in total. The van der Waals surface area contributed by atoms with E-state index >= 15 is 0 Å². The van der Waals surface area contributed by atoms with E-state index in [4.69, 9.17) is 4.74 Å². The van der Waals surface area contributed by atoms with Gasteiger partial charge in [-0.1, -0.05) is 13.0 Å². The molecule has 1 aromatic carbocycles. The Morgan fingerprint density at radius 1 is 1.47 bits per heavy atom. The van der Waals surface area contributed by atoms with Crippen LogP contribution in [0.5, 0.6) is 5.75 Å². The lowest BCUT2D eigenvalue weighted by Gasteiger charge is -2.17. The Kier molecular flexibility index (Phi) is 2.29. The highest BCUT2D eigenvalue weighted by Crippen LogP contribution is 2.37. The first-order chi connectivity index (χ1) is 7.05. The molecule has 80 valence electrons. The molecule has 1 aromatic rings. The Morgan fingerprint density at radius 3 is 2.80 bits per heavy atom. The van der Waals surface area contributed by atoms with Gasteiger partial charge in [-0.25, -0.2) is 0 Å². The van der Waals surface area contributed by atoms with Gasteiger partial charge in [0.05, 0.1) is 5.56 Å². The number of aryl methyl sites for hydroxylation is 1. The zero-order valence-corrected chi connectivity index (χ0v) is 9.46. The van der Waals surface area contributed by atoms with Gasteiger partial charge in [-0.15, -0.1) is 0 Å². The second kappa shape index (κ2) is 3.37. The Bertz CT molecular complexity index is 405. The molecule has 0 spiro atoms. The molecule has 2 rings (SSSR count). The molecule has 2 heteroatoms. The number of ether oxygens (including phenoxy) is 1. The molecule has 0 N–H and O–H groups in total. The first-order valence-electron chi connectivity index (χ1n) is 5.36. The summed E-state index contributed by atoms with van der Waals surface area (Å²) in [6.45, 7) is 6.19. The number of hydrogen-bond acceptors (Lipinski definition) is 2. The van der Waals surface area contributed by atoms with Crippen LogP contribution in [0.4, 0.5) is 0 Å². The Balaban J connectivity index is 2.52. The zero-order chi connectivity index (χ0) is 11.1. The number of aldehydes is 1. The summed E-state index contributed by atoms with van der Waals surface area (Å²) in [7, 11) is 0. The van der Waals surface area contributed by atoms with Crippen LogP contribution in [-0.4, -0.2) is 11.9 Å². The fourth-order valence-corrected chi connectivity index (χ4v) is 2.10. The first kappa shape index (κ1) is 10.2. The zero-order valence-electron chi connectivity index (χ0n) is 9.46. The summed E-state index contributed by atoms with van der Waals surface area (Å²) in [5.41, 5.74) is 2.89. The molecule has 0 unspecified atom stereocenters. The van der Waals surface area contributed by atoms with Crippen LogP contribution in [0.25, 0.3) is 0 Å². The molecule has 0 saturated carbocycles. The van der Waals surface area contributed by atoms with Crippen molar-refractivity contribution in [3.05, 3.63) is 28.8 Å². The van der Waals surface area contributed by atoms with Crippen LogP contribution in [-0.2, 0) is 12.8 Å². The predicted molar refractivity (Wildman–Crippen MR) is 59.6 cm³/mol. The number of hydrogen-bond donors (Lipinski definition) is 0. The van der Waals surface area contributed by atoms with Crippen LogP contribution in [0, 0.1) is 0 Å². The summed E-state index contributed by atoms with van der Waals surface area (Å²) in [5, 5.41) is 0. The maximum atomic E-state index is 11.0. The molecular formula is C13H16O2. The van der Waals surface area contributed by atoms with Crippen LogP contribution in [0.2, 0.25) is 0 Å². The largest absolute Gasteiger partial charge is 0.486 e. The van der Waals surface area contributed by atoms with Gasteiger partial charge in [-0.3, -0.25) is 4.79 Å². The van der Waals surface area contributed by atoms with Gasteiger partial charge in [0.15, 0.2) is 6.29 Å². The van der Waals surface area contributed by atoms with Gasteiger partial charge in [0, 0.05) is 6.42 Å². The van der Waals surface area contributed by atoms with Crippen molar-refractivity contribution in [2.75, 3.05) is 0 Å². The van der Waals surface area contributed by atoms with Crippen molar-refractivity contribution in [2.24, 2.45) is 0 Å². The molecule has 0 radical (unpaired) electrons. The molecule has 0 aromatic heterocycles. The van der Waals surface area contributed by atoms with Crippen molar-refractivity contribution < 1.29 is 9.53 Å². The predicted octanol–water partition coefficient (Wildman–Crippen LogP) is 2.78. The van der Waals surface area contributed by atoms with Crippen LogP contribution < -0.4 is 4.74 Å². The SMILES string of the molecule is CCc1cc(C=O)c2c(c1)CC(C)(C)O2. The third kappa shape index (κ3) is 1.76. The molecule has 1 aliphatic rings. The number of benzene rings is 1. The standard InChI is InChI=1S/C13H16O2/c1-4-9-5-10-7-13(2,3)15-12(10)11(6-9)8-14/h5-6,8H,4,7H2,1-3H3. The second-order valence-corrected chi connectivity index (χ2v) is 4.68. The summed E-state index contributed by atoms with van der Waals surface area (Å²) in [6, 6.07) is 4.07. The Morgan fingerprint density at radius 2 is 2.20 bits per heavy atom. The Hall–Kier alpha value is -1.31. The number of carbonyl (C=O) groups is 1. The van der Waals surface area contributed by atoms with Crippen LogP contribution in [0.1, 0.15) is 42.3 Å². The van der Waals surface area contributed by atoms with E-state index in [1.165, 1.54) is 11.1 Å². The lowest BCUT2D eigenvalue weighted by atomic mass is 9.98. The molecule has 0 fully saturated rings. The van der Waals surface area contributed by atoms with Crippen LogP contribution in [0.15, 0.2) is 12.1 Å². The lowest BCUT2D eigenvalue weighted by molar-refractivity contribution is 0.110. The van der Waals surface area contributed by atoms with Gasteiger partial charge in [-0.05, 0) is 37.5 Å². The fraction of sp³-hybridized carbons (Fsp3) is 0.462. The highest BCUT2D eigenvalue weighted by Gasteiger charge is 2.31. The molecule has 0 bridgehead atoms. The van der Waals surface area contributed by atoms with Gasteiger partial charge in [0.25, 0.3) is 0 Å². The first-order valence-corrected chi connectivity index (χ1v) is 5.36. The summed E-state index contributed by atoms with van der Waals surface area (Å²) in [4.78, 5) is 11.0. The summed E-state index contributed by atoms with van der Waals surface area (Å²) < 4.78 is 5.78. The summed E-state index contributed by atoms with van der Waals surface area (Å²) >= 11 is 0. The van der Waals surface area contributed by atoms with Gasteiger partial charge in [0.1, 0.15) is 11.4 Å². The maximum absolute atomic E-state index is 11.0. The quantitative estimate of drug-likeness (QED) is 0.692. The van der Waals surface area contributed by atoms with E-state index in [0.717, 1.165) is 24.9 Å². The van der Waals surface area contributed by atoms with Crippen molar-refractivity contribution in [3.63, 3.8) is 0 Å². The number of carbonyl (C=O) groups excluding carboxylic acids is 1. The average Bonchev–Trinajstić information content (AvgIpc) is 2.50. The van der Waals surface area contributed by atoms with Gasteiger partial charge < -0.3 is 4.74 Å². The topological polar surface area (TPSA) is 26.3 Å². The molecule has 15 heavy (non-hydrogen) atoms. The van der Waals surface area contributed by atoms with Gasteiger partial charge in [0.2, 0.25) is 0 Å². The van der Waals surface area contributed by atoms with Crippen LogP contribution >= 0.6 is 0 Å². The van der Waals surface area contributed by atoms with Crippen molar-refractivity contribution >= 4 is 6.29 Å². The third-order valence-electron chi connectivity index (χ3n) is 2.78. The fourth-order valence-electron chi connectivity index (χ4n) is 2.10. The maximum Gasteiger partial charge on any atom is 0.153 e. The monoisotopic (exact) mass is 204 g/mol. The molecule has 0 aliphatic carbocycles. The van der Waals surface area contributed by atoms with E-state index in [1.807, 2.05) is 19.9 Å². The molecule has 0 saturated heterocycles. The highest BCUT2D eigenvalue weighted by molar-refractivity contribution is 5.81. The number of fused-ring (bicyclic) bond motifs is 1. The smallest absolute Gasteiger partial charge is 0.153 e. The van der Waals surface area contributed by atoms with Crippen molar-refractivity contribution in [3.8, 4) is 5.75 Å². The minimum atomic E-state index is -0.174. The third-order valence-corrected chi connectivity index (χ3v) is 2.78. The highest BCUT2D eigenvalue weighted by atomic mass is 16.5. The van der Waals surface area contributed by atoms with E-state index in [9.17, 15) is 4.79 Å². The van der Waals surface area contributed by atoms with Gasteiger partial charge >= 0.3 is 0 Å². The summed E-state index contributed by atoms with van der Waals surface area (Å²) in [6.07, 6.45) is 2.73. The molecule has 0 atom stereocenters. The molecular weight excluding hydrogens is 188 g/mol. The van der Waals surface area contributed by atoms with Crippen LogP contribution in [0.3, 0.4) is 0 Å². The molecule has 1 heterocycles. The molecule has 0 amide bonds. The van der Waals surface area contributed by atoms with Crippen molar-refractivity contribution in [1.29, 1.82) is 0 Å². The van der Waals surface area contributed by atoms with Gasteiger partial charge in [-0.2, -0.15) is 0 Å². The minimum absolute atomic E-state index is 0.174. The van der Waals surface area contributed by atoms with Crippen molar-refractivity contribution in [1.82, 2.24) is 0 Å². The average molecular weight is 204 g/mol. The normalized spacial score (nSPS) is 17.0. The van der Waals surface area contributed by atoms with E-state index in [0.29, 0.717) is 5.56 Å². The van der Waals surface area contributed by atoms with E-state index in [2.05, 4.69) is 13.0 Å². The number of rotatable bonds is 2. The van der Waals surface area contributed by atoms with E-state index in [1.54, 1.807) is 0 Å². The Labute approximate surface area is 90.3 Å². The van der Waals surface area contributed by atoms with E-state index < -0.39 is 0 Å². The lowest BCUT2D eigenvalue weighted by Crippen LogP contribution is -2.24. The molecule has 1 aliphatic heterocycles. The van der Waals surface area contributed by atoms with Crippen molar-refractivity contribution in [2.45, 2.75) is 39.2 Å². The second-order valence-electron chi connectivity index (χ2n) is 4.68. The minimum Gasteiger partial charge on any atom is -0.486 e. The van der Waals surface area contributed by atoms with E-state index in [-0.39, 0.29) is 5.60 Å².